The molecule has 2 aromatic carbocycles. The van der Waals surface area contributed by atoms with E-state index in [1.54, 1.807) is 24.1 Å². The van der Waals surface area contributed by atoms with Crippen molar-refractivity contribution in [3.63, 3.8) is 0 Å². The van der Waals surface area contributed by atoms with Crippen molar-refractivity contribution in [2.75, 3.05) is 31.1 Å². The number of fused-ring (bicyclic) bond motifs is 1. The van der Waals surface area contributed by atoms with Crippen LogP contribution in [0.15, 0.2) is 42.6 Å². The Hall–Kier alpha value is -2.99. The second-order valence-electron chi connectivity index (χ2n) is 9.04. The fourth-order valence-electron chi connectivity index (χ4n) is 4.43. The molecule has 0 saturated carbocycles. The summed E-state index contributed by atoms with van der Waals surface area (Å²) in [6.07, 6.45) is 4.00. The van der Waals surface area contributed by atoms with Crippen molar-refractivity contribution in [3.8, 4) is 16.9 Å². The average molecular weight is 480 g/mol. The summed E-state index contributed by atoms with van der Waals surface area (Å²) < 4.78 is 20.9. The smallest absolute Gasteiger partial charge is 0.224 e. The first-order chi connectivity index (χ1) is 16.8. The summed E-state index contributed by atoms with van der Waals surface area (Å²) in [6.45, 7) is 15.6. The Labute approximate surface area is 208 Å². The molecule has 0 spiro atoms. The average Bonchev–Trinajstić information content (AvgIpc) is 2.80. The second kappa shape index (κ2) is 12.1. The van der Waals surface area contributed by atoms with E-state index in [1.165, 1.54) is 25.6 Å². The number of benzene rings is 2. The monoisotopic (exact) mass is 479 g/mol. The van der Waals surface area contributed by atoms with Crippen LogP contribution in [-0.4, -0.2) is 48.1 Å². The van der Waals surface area contributed by atoms with Crippen molar-refractivity contribution in [1.82, 2.24) is 9.88 Å². The first kappa shape index (κ1) is 26.6. The molecule has 0 N–H and O–H groups in total. The number of anilines is 1. The molecule has 1 aliphatic rings. The molecule has 0 bridgehead atoms. The minimum Gasteiger partial charge on any atom is -0.494 e. The standard InChI is InChI=1S/C27H32FN3O2.C2H6/c1-18(2)31(20(4)32)27-19(3)17-29-26-16-25(28)23(15-24(26)27)21-7-9-22(10-8-21)33-14-6-13-30-11-5-12-30;1-2/h7-10,15-18H,5-6,11-14H2,1-4H3;1-2H3. The Balaban J connectivity index is 0.00000167. The number of hydrogen-bond acceptors (Lipinski definition) is 4. The van der Waals surface area contributed by atoms with Gasteiger partial charge in [-0.05, 0) is 76.0 Å². The van der Waals surface area contributed by atoms with Crippen LogP contribution >= 0.6 is 0 Å². The molecule has 1 aliphatic heterocycles. The maximum absolute atomic E-state index is 15.1. The van der Waals surface area contributed by atoms with Crippen LogP contribution in [0.4, 0.5) is 10.1 Å². The predicted octanol–water partition coefficient (Wildman–Crippen LogP) is 6.61. The molecule has 1 amide bonds. The molecule has 1 aromatic heterocycles. The molecule has 3 aromatic rings. The fraction of sp³-hybridized carbons (Fsp3) is 0.448. The molecule has 0 unspecified atom stereocenters. The molecular formula is C29H38FN3O2. The van der Waals surface area contributed by atoms with E-state index in [1.807, 2.05) is 58.9 Å². The first-order valence-corrected chi connectivity index (χ1v) is 12.7. The Morgan fingerprint density at radius 3 is 2.43 bits per heavy atom. The van der Waals surface area contributed by atoms with E-state index in [4.69, 9.17) is 4.74 Å². The third kappa shape index (κ3) is 6.17. The summed E-state index contributed by atoms with van der Waals surface area (Å²) >= 11 is 0. The fourth-order valence-corrected chi connectivity index (χ4v) is 4.43. The largest absolute Gasteiger partial charge is 0.494 e. The van der Waals surface area contributed by atoms with E-state index < -0.39 is 0 Å². The highest BCUT2D eigenvalue weighted by atomic mass is 19.1. The van der Waals surface area contributed by atoms with Gasteiger partial charge in [-0.1, -0.05) is 26.0 Å². The van der Waals surface area contributed by atoms with E-state index in [2.05, 4.69) is 9.88 Å². The number of ether oxygens (including phenoxy) is 1. The number of aromatic nitrogens is 1. The lowest BCUT2D eigenvalue weighted by atomic mass is 9.99. The van der Waals surface area contributed by atoms with Crippen molar-refractivity contribution < 1.29 is 13.9 Å². The summed E-state index contributed by atoms with van der Waals surface area (Å²) in [7, 11) is 0. The third-order valence-electron chi connectivity index (χ3n) is 6.21. The SMILES string of the molecule is CC.CC(=O)N(c1c(C)cnc2cc(F)c(-c3ccc(OCCCN4CCC4)cc3)cc12)C(C)C. The quantitative estimate of drug-likeness (QED) is 0.341. The van der Waals surface area contributed by atoms with E-state index >= 15 is 4.39 Å². The molecule has 0 radical (unpaired) electrons. The van der Waals surface area contributed by atoms with Gasteiger partial charge in [-0.2, -0.15) is 0 Å². The van der Waals surface area contributed by atoms with Gasteiger partial charge in [0.25, 0.3) is 0 Å². The van der Waals surface area contributed by atoms with E-state index in [9.17, 15) is 4.79 Å². The van der Waals surface area contributed by atoms with E-state index in [-0.39, 0.29) is 17.8 Å². The lowest BCUT2D eigenvalue weighted by Gasteiger charge is -2.30. The van der Waals surface area contributed by atoms with Crippen LogP contribution in [0.25, 0.3) is 22.0 Å². The van der Waals surface area contributed by atoms with Gasteiger partial charge in [0.15, 0.2) is 0 Å². The zero-order valence-corrected chi connectivity index (χ0v) is 21.9. The van der Waals surface area contributed by atoms with Crippen molar-refractivity contribution in [1.29, 1.82) is 0 Å². The zero-order chi connectivity index (χ0) is 25.5. The highest BCUT2D eigenvalue weighted by molar-refractivity contribution is 6.04. The molecule has 6 heteroatoms. The number of likely N-dealkylation sites (tertiary alicyclic amines) is 1. The van der Waals surface area contributed by atoms with E-state index in [0.717, 1.165) is 40.9 Å². The summed E-state index contributed by atoms with van der Waals surface area (Å²) in [6, 6.07) is 10.7. The van der Waals surface area contributed by atoms with Gasteiger partial charge in [-0.15, -0.1) is 0 Å². The number of halogens is 1. The van der Waals surface area contributed by atoms with Crippen LogP contribution in [0.3, 0.4) is 0 Å². The molecule has 0 aliphatic carbocycles. The van der Waals surface area contributed by atoms with Gasteiger partial charge in [-0.3, -0.25) is 9.78 Å². The molecular weight excluding hydrogens is 441 g/mol. The maximum Gasteiger partial charge on any atom is 0.224 e. The Bertz CT molecular complexity index is 1140. The molecule has 35 heavy (non-hydrogen) atoms. The van der Waals surface area contributed by atoms with Crippen LogP contribution in [0, 0.1) is 12.7 Å². The number of amides is 1. The molecule has 0 atom stereocenters. The molecule has 5 nitrogen and oxygen atoms in total. The Kier molecular flexibility index (Phi) is 9.21. The van der Waals surface area contributed by atoms with Crippen LogP contribution < -0.4 is 9.64 Å². The van der Waals surface area contributed by atoms with Gasteiger partial charge < -0.3 is 14.5 Å². The number of pyridine rings is 1. The van der Waals surface area contributed by atoms with Crippen LogP contribution in [0.1, 0.15) is 53.0 Å². The van der Waals surface area contributed by atoms with E-state index in [0.29, 0.717) is 17.7 Å². The van der Waals surface area contributed by atoms with Crippen molar-refractivity contribution in [2.45, 2.75) is 60.4 Å². The Morgan fingerprint density at radius 2 is 1.86 bits per heavy atom. The lowest BCUT2D eigenvalue weighted by molar-refractivity contribution is -0.116. The van der Waals surface area contributed by atoms with Crippen molar-refractivity contribution in [2.24, 2.45) is 0 Å². The number of nitrogens with zero attached hydrogens (tertiary/aromatic N) is 3. The molecule has 1 fully saturated rings. The number of aryl methyl sites for hydroxylation is 1. The zero-order valence-electron chi connectivity index (χ0n) is 21.9. The van der Waals surface area contributed by atoms with Crippen LogP contribution in [-0.2, 0) is 4.79 Å². The highest BCUT2D eigenvalue weighted by Gasteiger charge is 2.22. The Morgan fingerprint density at radius 1 is 1.17 bits per heavy atom. The maximum atomic E-state index is 15.1. The third-order valence-corrected chi connectivity index (χ3v) is 6.21. The van der Waals surface area contributed by atoms with Crippen LogP contribution in [0.2, 0.25) is 0 Å². The topological polar surface area (TPSA) is 45.7 Å². The number of carbonyl (C=O) groups excluding carboxylic acids is 1. The normalized spacial score (nSPS) is 13.3. The van der Waals surface area contributed by atoms with Crippen LogP contribution in [0.5, 0.6) is 5.75 Å². The van der Waals surface area contributed by atoms with Gasteiger partial charge in [0.1, 0.15) is 11.6 Å². The van der Waals surface area contributed by atoms with Gasteiger partial charge in [0.2, 0.25) is 5.91 Å². The summed E-state index contributed by atoms with van der Waals surface area (Å²) in [5, 5.41) is 0.765. The van der Waals surface area contributed by atoms with Crippen molar-refractivity contribution >= 4 is 22.5 Å². The van der Waals surface area contributed by atoms with Gasteiger partial charge in [-0.25, -0.2) is 4.39 Å². The molecule has 1 saturated heterocycles. The number of carbonyl (C=O) groups is 1. The minimum atomic E-state index is -0.341. The summed E-state index contributed by atoms with van der Waals surface area (Å²) in [4.78, 5) is 21.0. The molecule has 188 valence electrons. The molecule has 2 heterocycles. The number of hydrogen-bond donors (Lipinski definition) is 0. The van der Waals surface area contributed by atoms with Crippen molar-refractivity contribution in [3.05, 3.63) is 54.0 Å². The minimum absolute atomic E-state index is 0.0298. The highest BCUT2D eigenvalue weighted by Crippen LogP contribution is 2.35. The first-order valence-electron chi connectivity index (χ1n) is 12.7. The summed E-state index contributed by atoms with van der Waals surface area (Å²) in [5.74, 6) is 0.387. The summed E-state index contributed by atoms with van der Waals surface area (Å²) in [5.41, 5.74) is 3.43. The van der Waals surface area contributed by atoms with Gasteiger partial charge in [0, 0.05) is 42.7 Å². The second-order valence-corrected chi connectivity index (χ2v) is 9.04. The van der Waals surface area contributed by atoms with Gasteiger partial charge >= 0.3 is 0 Å². The van der Waals surface area contributed by atoms with Gasteiger partial charge in [0.05, 0.1) is 17.8 Å². The predicted molar refractivity (Wildman–Crippen MR) is 143 cm³/mol. The number of rotatable bonds is 8. The molecule has 4 rings (SSSR count). The lowest BCUT2D eigenvalue weighted by Crippen LogP contribution is -2.38.